The normalized spacial score (nSPS) is 19.0. The predicted molar refractivity (Wildman–Crippen MR) is 110 cm³/mol. The molecule has 1 aromatic carbocycles. The van der Waals surface area contributed by atoms with Crippen molar-refractivity contribution in [3.05, 3.63) is 40.3 Å². The molecule has 3 rings (SSSR count). The van der Waals surface area contributed by atoms with E-state index >= 15 is 0 Å². The third-order valence-corrected chi connectivity index (χ3v) is 5.33. The average Bonchev–Trinajstić information content (AvgIpc) is 3.11. The summed E-state index contributed by atoms with van der Waals surface area (Å²) in [6, 6.07) is 7.31. The van der Waals surface area contributed by atoms with Gasteiger partial charge in [0, 0.05) is 18.0 Å². The van der Waals surface area contributed by atoms with Crippen LogP contribution in [0.3, 0.4) is 0 Å². The summed E-state index contributed by atoms with van der Waals surface area (Å²) in [7, 11) is 0. The molecular formula is C20H29ClN4O2. The number of nitrogens with zero attached hydrogens (tertiary/aromatic N) is 2. The van der Waals surface area contributed by atoms with Crippen molar-refractivity contribution >= 4 is 29.1 Å². The first kappa shape index (κ1) is 21.4. The summed E-state index contributed by atoms with van der Waals surface area (Å²) in [5.74, 6) is 0.108. The Balaban J connectivity index is 0.00000261. The molecule has 0 aliphatic heterocycles. The minimum Gasteiger partial charge on any atom is -0.348 e. The van der Waals surface area contributed by atoms with Crippen molar-refractivity contribution in [2.24, 2.45) is 11.7 Å². The van der Waals surface area contributed by atoms with E-state index in [9.17, 15) is 9.59 Å². The maximum Gasteiger partial charge on any atom is 0.274 e. The summed E-state index contributed by atoms with van der Waals surface area (Å²) in [6.07, 6.45) is 6.05. The van der Waals surface area contributed by atoms with Crippen LogP contribution in [0.15, 0.2) is 29.1 Å². The van der Waals surface area contributed by atoms with Crippen molar-refractivity contribution < 1.29 is 4.79 Å². The maximum absolute atomic E-state index is 12.9. The number of aromatic nitrogens is 2. The number of aryl methyl sites for hydroxylation is 1. The van der Waals surface area contributed by atoms with E-state index in [1.54, 1.807) is 12.1 Å². The topological polar surface area (TPSA) is 90.0 Å². The van der Waals surface area contributed by atoms with Gasteiger partial charge in [-0.15, -0.1) is 12.4 Å². The zero-order valence-electron chi connectivity index (χ0n) is 15.8. The van der Waals surface area contributed by atoms with Gasteiger partial charge in [0.25, 0.3) is 11.5 Å². The fourth-order valence-corrected chi connectivity index (χ4v) is 3.81. The van der Waals surface area contributed by atoms with Gasteiger partial charge in [0.1, 0.15) is 0 Å². The zero-order chi connectivity index (χ0) is 18.5. The van der Waals surface area contributed by atoms with Gasteiger partial charge in [-0.25, -0.2) is 4.68 Å². The predicted octanol–water partition coefficient (Wildman–Crippen LogP) is 2.87. The Morgan fingerprint density at radius 3 is 2.70 bits per heavy atom. The molecule has 1 heterocycles. The van der Waals surface area contributed by atoms with Crippen LogP contribution in [0.4, 0.5) is 0 Å². The Hall–Kier alpha value is -1.92. The number of rotatable bonds is 7. The lowest BCUT2D eigenvalue weighted by atomic mass is 10.0. The Kier molecular flexibility index (Phi) is 7.80. The van der Waals surface area contributed by atoms with Crippen LogP contribution in [-0.2, 0) is 6.54 Å². The Labute approximate surface area is 165 Å². The molecule has 0 spiro atoms. The third-order valence-electron chi connectivity index (χ3n) is 5.33. The molecule has 2 atom stereocenters. The van der Waals surface area contributed by atoms with E-state index in [1.807, 2.05) is 12.1 Å². The molecule has 3 N–H and O–H groups in total. The second kappa shape index (κ2) is 9.85. The molecule has 1 aromatic heterocycles. The lowest BCUT2D eigenvalue weighted by Gasteiger charge is -2.20. The van der Waals surface area contributed by atoms with Crippen LogP contribution in [0.25, 0.3) is 10.8 Å². The van der Waals surface area contributed by atoms with Crippen LogP contribution < -0.4 is 16.6 Å². The van der Waals surface area contributed by atoms with E-state index in [0.29, 0.717) is 35.5 Å². The molecule has 2 unspecified atom stereocenters. The molecule has 1 aliphatic rings. The van der Waals surface area contributed by atoms with Crippen molar-refractivity contribution in [1.82, 2.24) is 15.1 Å². The first-order valence-corrected chi connectivity index (χ1v) is 9.66. The molecule has 1 fully saturated rings. The molecule has 2 aromatic rings. The largest absolute Gasteiger partial charge is 0.348 e. The van der Waals surface area contributed by atoms with E-state index in [-0.39, 0.29) is 29.9 Å². The van der Waals surface area contributed by atoms with E-state index < -0.39 is 0 Å². The van der Waals surface area contributed by atoms with E-state index in [1.165, 1.54) is 4.68 Å². The molecule has 0 saturated heterocycles. The summed E-state index contributed by atoms with van der Waals surface area (Å²) < 4.78 is 1.45. The molecule has 27 heavy (non-hydrogen) atoms. The lowest BCUT2D eigenvalue weighted by molar-refractivity contribution is 0.0923. The van der Waals surface area contributed by atoms with Crippen LogP contribution in [0.2, 0.25) is 0 Å². The van der Waals surface area contributed by atoms with Crippen LogP contribution in [0.1, 0.15) is 55.9 Å². The number of fused-ring (bicyclic) bond motifs is 1. The Morgan fingerprint density at radius 1 is 1.26 bits per heavy atom. The molecule has 6 nitrogen and oxygen atoms in total. The number of benzene rings is 1. The van der Waals surface area contributed by atoms with Crippen LogP contribution in [0.5, 0.6) is 0 Å². The minimum absolute atomic E-state index is 0. The highest BCUT2D eigenvalue weighted by molar-refractivity contribution is 6.04. The molecule has 0 radical (unpaired) electrons. The highest BCUT2D eigenvalue weighted by Gasteiger charge is 2.28. The van der Waals surface area contributed by atoms with Gasteiger partial charge in [0.2, 0.25) is 0 Å². The van der Waals surface area contributed by atoms with Crippen LogP contribution in [0, 0.1) is 5.92 Å². The van der Waals surface area contributed by atoms with E-state index in [0.717, 1.165) is 38.5 Å². The van der Waals surface area contributed by atoms with Crippen molar-refractivity contribution in [3.8, 4) is 0 Å². The summed E-state index contributed by atoms with van der Waals surface area (Å²) in [4.78, 5) is 25.6. The van der Waals surface area contributed by atoms with Gasteiger partial charge >= 0.3 is 0 Å². The van der Waals surface area contributed by atoms with Crippen LogP contribution >= 0.6 is 12.4 Å². The number of nitrogens with one attached hydrogen (secondary N) is 1. The summed E-state index contributed by atoms with van der Waals surface area (Å²) in [5, 5.41) is 8.69. The summed E-state index contributed by atoms with van der Waals surface area (Å²) >= 11 is 0. The Morgan fingerprint density at radius 2 is 2.00 bits per heavy atom. The number of hydrogen-bond donors (Lipinski definition) is 2. The molecule has 1 aliphatic carbocycles. The van der Waals surface area contributed by atoms with Gasteiger partial charge in [0.05, 0.1) is 5.39 Å². The smallest absolute Gasteiger partial charge is 0.274 e. The van der Waals surface area contributed by atoms with Crippen molar-refractivity contribution in [3.63, 3.8) is 0 Å². The third kappa shape index (κ3) is 4.68. The van der Waals surface area contributed by atoms with Gasteiger partial charge in [-0.05, 0) is 37.8 Å². The molecular weight excluding hydrogens is 364 g/mol. The fourth-order valence-electron chi connectivity index (χ4n) is 3.81. The number of amides is 1. The van der Waals surface area contributed by atoms with Crippen LogP contribution in [-0.4, -0.2) is 28.3 Å². The van der Waals surface area contributed by atoms with Gasteiger partial charge in [-0.1, -0.05) is 44.4 Å². The molecule has 7 heteroatoms. The zero-order valence-corrected chi connectivity index (χ0v) is 16.6. The summed E-state index contributed by atoms with van der Waals surface area (Å²) in [6.45, 7) is 3.23. The number of halogens is 1. The molecule has 148 valence electrons. The second-order valence-corrected chi connectivity index (χ2v) is 7.14. The van der Waals surface area contributed by atoms with Gasteiger partial charge in [-0.3, -0.25) is 9.59 Å². The molecule has 1 amide bonds. The number of carbonyl (C=O) groups excluding carboxylic acids is 1. The standard InChI is InChI=1S/C20H28N4O2.ClH/c1-2-3-6-12-24-20(26)16-10-5-4-9-15(16)18(23-24)19(25)22-17-11-7-8-14(17)13-21;/h4-5,9-10,14,17H,2-3,6-8,11-13,21H2,1H3,(H,22,25);1H. The Bertz CT molecular complexity index is 836. The molecule has 1 saturated carbocycles. The number of carbonyl (C=O) groups is 1. The first-order valence-electron chi connectivity index (χ1n) is 9.66. The highest BCUT2D eigenvalue weighted by Crippen LogP contribution is 2.25. The van der Waals surface area contributed by atoms with Crippen molar-refractivity contribution in [2.45, 2.75) is 58.0 Å². The van der Waals surface area contributed by atoms with Gasteiger partial charge in [-0.2, -0.15) is 5.10 Å². The van der Waals surface area contributed by atoms with Crippen molar-refractivity contribution in [1.29, 1.82) is 0 Å². The van der Waals surface area contributed by atoms with E-state index in [4.69, 9.17) is 5.73 Å². The minimum atomic E-state index is -0.212. The number of nitrogens with two attached hydrogens (primary N) is 1. The summed E-state index contributed by atoms with van der Waals surface area (Å²) in [5.41, 5.74) is 6.03. The number of unbranched alkanes of at least 4 members (excludes halogenated alkanes) is 2. The number of hydrogen-bond acceptors (Lipinski definition) is 4. The maximum atomic E-state index is 12.9. The first-order chi connectivity index (χ1) is 12.7. The SMILES string of the molecule is CCCCCn1nc(C(=O)NC2CCCC2CN)c2ccccc2c1=O.Cl. The highest BCUT2D eigenvalue weighted by atomic mass is 35.5. The van der Waals surface area contributed by atoms with Gasteiger partial charge < -0.3 is 11.1 Å². The second-order valence-electron chi connectivity index (χ2n) is 7.14. The lowest BCUT2D eigenvalue weighted by Crippen LogP contribution is -2.41. The van der Waals surface area contributed by atoms with Gasteiger partial charge in [0.15, 0.2) is 5.69 Å². The van der Waals surface area contributed by atoms with Crippen molar-refractivity contribution in [2.75, 3.05) is 6.54 Å². The fraction of sp³-hybridized carbons (Fsp3) is 0.550. The average molecular weight is 393 g/mol. The monoisotopic (exact) mass is 392 g/mol. The molecule has 0 bridgehead atoms. The quantitative estimate of drug-likeness (QED) is 0.709. The van der Waals surface area contributed by atoms with E-state index in [2.05, 4.69) is 17.3 Å².